The van der Waals surface area contributed by atoms with E-state index in [9.17, 15) is 4.79 Å². The van der Waals surface area contributed by atoms with Crippen LogP contribution in [0.4, 0.5) is 5.82 Å². The molecule has 0 spiro atoms. The summed E-state index contributed by atoms with van der Waals surface area (Å²) in [4.78, 5) is 21.9. The highest BCUT2D eigenvalue weighted by atomic mass is 16.5. The summed E-state index contributed by atoms with van der Waals surface area (Å²) in [5.41, 5.74) is 6.83. The first-order valence-electron chi connectivity index (χ1n) is 10.9. The van der Waals surface area contributed by atoms with Crippen molar-refractivity contribution in [2.45, 2.75) is 34.6 Å². The van der Waals surface area contributed by atoms with E-state index in [2.05, 4.69) is 56.0 Å². The molecule has 0 aliphatic carbocycles. The van der Waals surface area contributed by atoms with Gasteiger partial charge < -0.3 is 14.5 Å². The molecule has 0 bridgehead atoms. The lowest BCUT2D eigenvalue weighted by atomic mass is 10.1. The van der Waals surface area contributed by atoms with Crippen molar-refractivity contribution in [1.29, 1.82) is 0 Å². The topological polar surface area (TPSA) is 45.7 Å². The third kappa shape index (κ3) is 4.22. The van der Waals surface area contributed by atoms with E-state index in [1.165, 1.54) is 22.1 Å². The maximum atomic E-state index is 12.8. The Kier molecular flexibility index (Phi) is 5.86. The number of piperazine rings is 1. The van der Waals surface area contributed by atoms with Gasteiger partial charge in [0.05, 0.1) is 5.52 Å². The molecule has 3 aromatic rings. The SMILES string of the molecule is Cc1ccc(C)c(OCC(=O)N2CCN(c3cc(C)c4cccc(C)c4n3)CC2)c1C. The van der Waals surface area contributed by atoms with Crippen molar-refractivity contribution in [3.8, 4) is 5.75 Å². The molecule has 2 aromatic carbocycles. The van der Waals surface area contributed by atoms with E-state index in [-0.39, 0.29) is 12.5 Å². The summed E-state index contributed by atoms with van der Waals surface area (Å²) >= 11 is 0. The Morgan fingerprint density at radius 3 is 2.35 bits per heavy atom. The second kappa shape index (κ2) is 8.58. The average Bonchev–Trinajstić information content (AvgIpc) is 2.77. The van der Waals surface area contributed by atoms with Gasteiger partial charge in [-0.05, 0) is 68.5 Å². The fraction of sp³-hybridized carbons (Fsp3) is 0.385. The second-order valence-electron chi connectivity index (χ2n) is 8.58. The second-order valence-corrected chi connectivity index (χ2v) is 8.58. The lowest BCUT2D eigenvalue weighted by molar-refractivity contribution is -0.133. The van der Waals surface area contributed by atoms with Crippen molar-refractivity contribution in [2.75, 3.05) is 37.7 Å². The third-order valence-corrected chi connectivity index (χ3v) is 6.40. The lowest BCUT2D eigenvalue weighted by Gasteiger charge is -2.35. The van der Waals surface area contributed by atoms with Crippen LogP contribution in [-0.2, 0) is 4.79 Å². The smallest absolute Gasteiger partial charge is 0.260 e. The number of para-hydroxylation sites is 1. The number of amides is 1. The Hall–Kier alpha value is -3.08. The number of hydrogen-bond donors (Lipinski definition) is 0. The number of ether oxygens (including phenoxy) is 1. The van der Waals surface area contributed by atoms with Crippen LogP contribution in [0.2, 0.25) is 0 Å². The lowest BCUT2D eigenvalue weighted by Crippen LogP contribution is -2.50. The van der Waals surface area contributed by atoms with Gasteiger partial charge in [0, 0.05) is 31.6 Å². The van der Waals surface area contributed by atoms with Crippen molar-refractivity contribution in [3.05, 3.63) is 64.2 Å². The molecule has 4 rings (SSSR count). The molecular weight excluding hydrogens is 386 g/mol. The third-order valence-electron chi connectivity index (χ3n) is 6.40. The molecule has 0 radical (unpaired) electrons. The van der Waals surface area contributed by atoms with E-state index in [0.29, 0.717) is 13.1 Å². The zero-order valence-corrected chi connectivity index (χ0v) is 19.2. The number of benzene rings is 2. The molecule has 1 aliphatic rings. The molecule has 0 N–H and O–H groups in total. The van der Waals surface area contributed by atoms with Crippen LogP contribution in [0.3, 0.4) is 0 Å². The fourth-order valence-electron chi connectivity index (χ4n) is 4.26. The van der Waals surface area contributed by atoms with Crippen LogP contribution in [0.5, 0.6) is 5.75 Å². The minimum Gasteiger partial charge on any atom is -0.483 e. The molecule has 1 aromatic heterocycles. The number of aromatic nitrogens is 1. The number of pyridine rings is 1. The molecule has 5 heteroatoms. The highest BCUT2D eigenvalue weighted by Gasteiger charge is 2.23. The predicted octanol–water partition coefficient (Wildman–Crippen LogP) is 4.50. The molecule has 0 saturated carbocycles. The molecule has 2 heterocycles. The van der Waals surface area contributed by atoms with Crippen LogP contribution < -0.4 is 9.64 Å². The number of aryl methyl sites for hydroxylation is 4. The molecule has 31 heavy (non-hydrogen) atoms. The van der Waals surface area contributed by atoms with Gasteiger partial charge in [0.15, 0.2) is 6.61 Å². The molecule has 1 aliphatic heterocycles. The molecule has 0 unspecified atom stereocenters. The largest absolute Gasteiger partial charge is 0.483 e. The van der Waals surface area contributed by atoms with Crippen LogP contribution in [-0.4, -0.2) is 48.6 Å². The van der Waals surface area contributed by atoms with E-state index in [4.69, 9.17) is 9.72 Å². The number of hydrogen-bond acceptors (Lipinski definition) is 4. The summed E-state index contributed by atoms with van der Waals surface area (Å²) in [5.74, 6) is 1.87. The highest BCUT2D eigenvalue weighted by Crippen LogP contribution is 2.27. The van der Waals surface area contributed by atoms with Crippen molar-refractivity contribution in [2.24, 2.45) is 0 Å². The van der Waals surface area contributed by atoms with Gasteiger partial charge >= 0.3 is 0 Å². The Morgan fingerprint density at radius 1 is 0.903 bits per heavy atom. The van der Waals surface area contributed by atoms with Gasteiger partial charge in [0.1, 0.15) is 11.6 Å². The van der Waals surface area contributed by atoms with E-state index >= 15 is 0 Å². The van der Waals surface area contributed by atoms with Crippen LogP contribution in [0, 0.1) is 34.6 Å². The van der Waals surface area contributed by atoms with Gasteiger partial charge in [-0.1, -0.05) is 30.3 Å². The summed E-state index contributed by atoms with van der Waals surface area (Å²) in [7, 11) is 0. The van der Waals surface area contributed by atoms with Crippen molar-refractivity contribution in [1.82, 2.24) is 9.88 Å². The molecule has 1 fully saturated rings. The quantitative estimate of drug-likeness (QED) is 0.627. The Labute approximate surface area is 184 Å². The van der Waals surface area contributed by atoms with Crippen molar-refractivity contribution in [3.63, 3.8) is 0 Å². The van der Waals surface area contributed by atoms with Gasteiger partial charge in [-0.3, -0.25) is 4.79 Å². The van der Waals surface area contributed by atoms with E-state index in [1.54, 1.807) is 0 Å². The molecule has 0 atom stereocenters. The highest BCUT2D eigenvalue weighted by molar-refractivity contribution is 5.86. The summed E-state index contributed by atoms with van der Waals surface area (Å²) in [6.45, 7) is 13.4. The van der Waals surface area contributed by atoms with Gasteiger partial charge in [0.2, 0.25) is 0 Å². The van der Waals surface area contributed by atoms with Crippen LogP contribution in [0.1, 0.15) is 27.8 Å². The molecular formula is C26H31N3O2. The van der Waals surface area contributed by atoms with Crippen LogP contribution in [0.15, 0.2) is 36.4 Å². The van der Waals surface area contributed by atoms with E-state index < -0.39 is 0 Å². The number of carbonyl (C=O) groups excluding carboxylic acids is 1. The number of anilines is 1. The maximum Gasteiger partial charge on any atom is 0.260 e. The van der Waals surface area contributed by atoms with E-state index in [1.807, 2.05) is 24.8 Å². The molecule has 1 amide bonds. The fourth-order valence-corrected chi connectivity index (χ4v) is 4.26. The Morgan fingerprint density at radius 2 is 1.61 bits per heavy atom. The number of carbonyl (C=O) groups is 1. The summed E-state index contributed by atoms with van der Waals surface area (Å²) < 4.78 is 5.93. The summed E-state index contributed by atoms with van der Waals surface area (Å²) in [6, 6.07) is 12.6. The predicted molar refractivity (Wildman–Crippen MR) is 126 cm³/mol. The molecule has 1 saturated heterocycles. The minimum absolute atomic E-state index is 0.0402. The van der Waals surface area contributed by atoms with Gasteiger partial charge in [-0.25, -0.2) is 4.98 Å². The Bertz CT molecular complexity index is 1130. The number of rotatable bonds is 4. The minimum atomic E-state index is 0.0402. The zero-order valence-electron chi connectivity index (χ0n) is 19.2. The average molecular weight is 418 g/mol. The first-order chi connectivity index (χ1) is 14.8. The van der Waals surface area contributed by atoms with Crippen LogP contribution in [0.25, 0.3) is 10.9 Å². The Balaban J connectivity index is 1.40. The standard InChI is InChI=1S/C26H31N3O2/c1-17-9-10-19(3)26(21(17)5)31-16-24(30)29-13-11-28(12-14-29)23-15-20(4)22-8-6-7-18(2)25(22)27-23/h6-10,15H,11-14,16H2,1-5H3. The van der Waals surface area contributed by atoms with Gasteiger partial charge in [-0.15, -0.1) is 0 Å². The van der Waals surface area contributed by atoms with Crippen molar-refractivity contribution >= 4 is 22.6 Å². The summed E-state index contributed by atoms with van der Waals surface area (Å²) in [6.07, 6.45) is 0. The number of fused-ring (bicyclic) bond motifs is 1. The van der Waals surface area contributed by atoms with Crippen LogP contribution >= 0.6 is 0 Å². The molecule has 162 valence electrons. The number of nitrogens with zero attached hydrogens (tertiary/aromatic N) is 3. The first-order valence-corrected chi connectivity index (χ1v) is 10.9. The van der Waals surface area contributed by atoms with Gasteiger partial charge in [0.25, 0.3) is 5.91 Å². The monoisotopic (exact) mass is 417 g/mol. The zero-order chi connectivity index (χ0) is 22.1. The van der Waals surface area contributed by atoms with Gasteiger partial charge in [-0.2, -0.15) is 0 Å². The maximum absolute atomic E-state index is 12.8. The van der Waals surface area contributed by atoms with E-state index in [0.717, 1.165) is 41.3 Å². The summed E-state index contributed by atoms with van der Waals surface area (Å²) in [5, 5.41) is 1.21. The first kappa shape index (κ1) is 21.2. The molecule has 5 nitrogen and oxygen atoms in total. The van der Waals surface area contributed by atoms with Crippen molar-refractivity contribution < 1.29 is 9.53 Å². The normalized spacial score (nSPS) is 14.2.